The standard InChI is InChI=1S/C16H20N2O2S/c1-12-15(11-18-7-9-19-10-8-18)17-16(20-12)13-3-5-14(21-2)6-4-13/h3-6H,7-11H2,1-2H3. The summed E-state index contributed by atoms with van der Waals surface area (Å²) in [5.41, 5.74) is 2.06. The fraction of sp³-hybridized carbons (Fsp3) is 0.438. The minimum absolute atomic E-state index is 0.711. The van der Waals surface area contributed by atoms with Crippen molar-refractivity contribution in [1.82, 2.24) is 9.88 Å². The lowest BCUT2D eigenvalue weighted by Gasteiger charge is -2.25. The van der Waals surface area contributed by atoms with Crippen LogP contribution in [0.1, 0.15) is 11.5 Å². The van der Waals surface area contributed by atoms with Gasteiger partial charge in [-0.15, -0.1) is 11.8 Å². The molecule has 0 atom stereocenters. The van der Waals surface area contributed by atoms with E-state index in [-0.39, 0.29) is 0 Å². The monoisotopic (exact) mass is 304 g/mol. The SMILES string of the molecule is CSc1ccc(-c2nc(CN3CCOCC3)c(C)o2)cc1. The third kappa shape index (κ3) is 3.48. The molecule has 0 radical (unpaired) electrons. The Morgan fingerprint density at radius 2 is 1.90 bits per heavy atom. The van der Waals surface area contributed by atoms with Crippen LogP contribution in [0.5, 0.6) is 0 Å². The van der Waals surface area contributed by atoms with E-state index in [9.17, 15) is 0 Å². The molecule has 112 valence electrons. The summed E-state index contributed by atoms with van der Waals surface area (Å²) in [5, 5.41) is 0. The summed E-state index contributed by atoms with van der Waals surface area (Å²) < 4.78 is 11.2. The van der Waals surface area contributed by atoms with Gasteiger partial charge in [-0.3, -0.25) is 4.90 Å². The van der Waals surface area contributed by atoms with Gasteiger partial charge in [0.25, 0.3) is 0 Å². The number of benzene rings is 1. The van der Waals surface area contributed by atoms with Gasteiger partial charge in [-0.05, 0) is 37.4 Å². The zero-order valence-electron chi connectivity index (χ0n) is 12.5. The van der Waals surface area contributed by atoms with Crippen LogP contribution in [0.25, 0.3) is 11.5 Å². The molecule has 1 fully saturated rings. The number of nitrogens with zero attached hydrogens (tertiary/aromatic N) is 2. The summed E-state index contributed by atoms with van der Waals surface area (Å²) in [6, 6.07) is 8.33. The Labute approximate surface area is 129 Å². The zero-order valence-corrected chi connectivity index (χ0v) is 13.3. The molecule has 5 heteroatoms. The number of ether oxygens (including phenoxy) is 1. The molecular weight excluding hydrogens is 284 g/mol. The fourth-order valence-corrected chi connectivity index (χ4v) is 2.81. The maximum atomic E-state index is 5.84. The number of oxazole rings is 1. The van der Waals surface area contributed by atoms with Gasteiger partial charge >= 0.3 is 0 Å². The maximum Gasteiger partial charge on any atom is 0.226 e. The molecule has 0 bridgehead atoms. The molecule has 1 aromatic heterocycles. The molecule has 0 saturated carbocycles. The van der Waals surface area contributed by atoms with Crippen molar-refractivity contribution in [2.24, 2.45) is 0 Å². The lowest BCUT2D eigenvalue weighted by atomic mass is 10.2. The van der Waals surface area contributed by atoms with E-state index in [1.165, 1.54) is 4.90 Å². The van der Waals surface area contributed by atoms with Crippen molar-refractivity contribution in [3.63, 3.8) is 0 Å². The van der Waals surface area contributed by atoms with Gasteiger partial charge in [-0.1, -0.05) is 0 Å². The minimum Gasteiger partial charge on any atom is -0.441 e. The van der Waals surface area contributed by atoms with Crippen LogP contribution in [0, 0.1) is 6.92 Å². The van der Waals surface area contributed by atoms with Crippen molar-refractivity contribution in [3.05, 3.63) is 35.7 Å². The molecule has 1 saturated heterocycles. The number of rotatable bonds is 4. The van der Waals surface area contributed by atoms with Gasteiger partial charge in [-0.2, -0.15) is 0 Å². The molecule has 1 aliphatic heterocycles. The fourth-order valence-electron chi connectivity index (χ4n) is 2.40. The van der Waals surface area contributed by atoms with Crippen LogP contribution >= 0.6 is 11.8 Å². The van der Waals surface area contributed by atoms with E-state index in [0.717, 1.165) is 49.9 Å². The summed E-state index contributed by atoms with van der Waals surface area (Å²) in [5.74, 6) is 1.62. The first kappa shape index (κ1) is 14.6. The lowest BCUT2D eigenvalue weighted by Crippen LogP contribution is -2.35. The van der Waals surface area contributed by atoms with Crippen LogP contribution < -0.4 is 0 Å². The second-order valence-electron chi connectivity index (χ2n) is 5.14. The Hall–Kier alpha value is -1.30. The number of hydrogen-bond acceptors (Lipinski definition) is 5. The van der Waals surface area contributed by atoms with Gasteiger partial charge in [0.2, 0.25) is 5.89 Å². The predicted molar refractivity (Wildman–Crippen MR) is 84.6 cm³/mol. The van der Waals surface area contributed by atoms with Gasteiger partial charge in [0.05, 0.1) is 18.9 Å². The quantitative estimate of drug-likeness (QED) is 0.811. The van der Waals surface area contributed by atoms with Gasteiger partial charge in [0.1, 0.15) is 5.76 Å². The van der Waals surface area contributed by atoms with E-state index in [4.69, 9.17) is 9.15 Å². The Morgan fingerprint density at radius 3 is 2.57 bits per heavy atom. The molecule has 0 N–H and O–H groups in total. The Bertz CT molecular complexity index is 589. The molecule has 0 amide bonds. The summed E-state index contributed by atoms with van der Waals surface area (Å²) in [7, 11) is 0. The molecule has 1 aromatic carbocycles. The van der Waals surface area contributed by atoms with Crippen molar-refractivity contribution in [3.8, 4) is 11.5 Å². The molecule has 0 aliphatic carbocycles. The van der Waals surface area contributed by atoms with E-state index in [1.807, 2.05) is 6.92 Å². The molecule has 2 heterocycles. The van der Waals surface area contributed by atoms with Crippen molar-refractivity contribution in [1.29, 1.82) is 0 Å². The predicted octanol–water partition coefficient (Wildman–Crippen LogP) is 3.20. The van der Waals surface area contributed by atoms with Crippen LogP contribution in [-0.2, 0) is 11.3 Å². The normalized spacial score (nSPS) is 16.3. The highest BCUT2D eigenvalue weighted by molar-refractivity contribution is 7.98. The highest BCUT2D eigenvalue weighted by Crippen LogP contribution is 2.25. The summed E-state index contributed by atoms with van der Waals surface area (Å²) in [6.07, 6.45) is 2.07. The van der Waals surface area contributed by atoms with Gasteiger partial charge < -0.3 is 9.15 Å². The van der Waals surface area contributed by atoms with Crippen LogP contribution in [0.3, 0.4) is 0 Å². The van der Waals surface area contributed by atoms with E-state index in [1.54, 1.807) is 11.8 Å². The lowest BCUT2D eigenvalue weighted by molar-refractivity contribution is 0.0335. The van der Waals surface area contributed by atoms with E-state index in [0.29, 0.717) is 5.89 Å². The summed E-state index contributed by atoms with van der Waals surface area (Å²) in [4.78, 5) is 8.28. The number of hydrogen-bond donors (Lipinski definition) is 0. The Morgan fingerprint density at radius 1 is 1.19 bits per heavy atom. The van der Waals surface area contributed by atoms with E-state index < -0.39 is 0 Å². The van der Waals surface area contributed by atoms with E-state index in [2.05, 4.69) is 40.4 Å². The van der Waals surface area contributed by atoms with Gasteiger partial charge in [-0.25, -0.2) is 4.98 Å². The van der Waals surface area contributed by atoms with Crippen LogP contribution in [-0.4, -0.2) is 42.4 Å². The molecule has 0 unspecified atom stereocenters. The Balaban J connectivity index is 1.76. The highest BCUT2D eigenvalue weighted by Gasteiger charge is 2.16. The number of aromatic nitrogens is 1. The molecule has 1 aliphatic rings. The maximum absolute atomic E-state index is 5.84. The van der Waals surface area contributed by atoms with Crippen LogP contribution in [0.2, 0.25) is 0 Å². The highest BCUT2D eigenvalue weighted by atomic mass is 32.2. The van der Waals surface area contributed by atoms with E-state index >= 15 is 0 Å². The van der Waals surface area contributed by atoms with Crippen molar-refractivity contribution >= 4 is 11.8 Å². The average molecular weight is 304 g/mol. The molecule has 21 heavy (non-hydrogen) atoms. The van der Waals surface area contributed by atoms with Crippen LogP contribution in [0.4, 0.5) is 0 Å². The zero-order chi connectivity index (χ0) is 14.7. The second kappa shape index (κ2) is 6.64. The Kier molecular flexibility index (Phi) is 4.63. The van der Waals surface area contributed by atoms with Crippen molar-refractivity contribution in [2.45, 2.75) is 18.4 Å². The molecule has 4 nitrogen and oxygen atoms in total. The minimum atomic E-state index is 0.711. The number of aryl methyl sites for hydroxylation is 1. The smallest absolute Gasteiger partial charge is 0.226 e. The number of thioether (sulfide) groups is 1. The molecule has 2 aromatic rings. The first-order valence-corrected chi connectivity index (χ1v) is 8.39. The van der Waals surface area contributed by atoms with Gasteiger partial charge in [0, 0.05) is 30.1 Å². The first-order chi connectivity index (χ1) is 10.3. The van der Waals surface area contributed by atoms with Crippen molar-refractivity contribution < 1.29 is 9.15 Å². The van der Waals surface area contributed by atoms with Crippen LogP contribution in [0.15, 0.2) is 33.6 Å². The average Bonchev–Trinajstić information content (AvgIpc) is 2.89. The molecule has 0 spiro atoms. The summed E-state index contributed by atoms with van der Waals surface area (Å²) in [6.45, 7) is 6.36. The molecular formula is C16H20N2O2S. The topological polar surface area (TPSA) is 38.5 Å². The first-order valence-electron chi connectivity index (χ1n) is 7.17. The second-order valence-corrected chi connectivity index (χ2v) is 6.02. The number of morpholine rings is 1. The largest absolute Gasteiger partial charge is 0.441 e. The molecule has 3 rings (SSSR count). The van der Waals surface area contributed by atoms with Crippen molar-refractivity contribution in [2.75, 3.05) is 32.6 Å². The van der Waals surface area contributed by atoms with Gasteiger partial charge in [0.15, 0.2) is 0 Å². The summed E-state index contributed by atoms with van der Waals surface area (Å²) >= 11 is 1.73. The third-order valence-electron chi connectivity index (χ3n) is 3.71. The third-order valence-corrected chi connectivity index (χ3v) is 4.45.